The van der Waals surface area contributed by atoms with E-state index in [-0.39, 0.29) is 6.09 Å². The molecule has 2 aliphatic rings. The van der Waals surface area contributed by atoms with Crippen LogP contribution in [0.25, 0.3) is 0 Å². The highest BCUT2D eigenvalue weighted by Gasteiger charge is 2.28. The van der Waals surface area contributed by atoms with E-state index in [1.807, 2.05) is 33.0 Å². The zero-order chi connectivity index (χ0) is 17.2. The molecule has 0 unspecified atom stereocenters. The van der Waals surface area contributed by atoms with Crippen LogP contribution in [0.5, 0.6) is 0 Å². The Morgan fingerprint density at radius 1 is 1.29 bits per heavy atom. The third-order valence-electron chi connectivity index (χ3n) is 4.47. The van der Waals surface area contributed by atoms with E-state index < -0.39 is 5.60 Å². The summed E-state index contributed by atoms with van der Waals surface area (Å²) in [5.41, 5.74) is -0.445. The molecule has 132 valence electrons. The number of alkyl carbamates (subject to hydrolysis) is 1. The molecular formula is C18H28N4O2. The quantitative estimate of drug-likeness (QED) is 0.917. The molecule has 2 fully saturated rings. The van der Waals surface area contributed by atoms with Crippen molar-refractivity contribution >= 4 is 11.9 Å². The van der Waals surface area contributed by atoms with Crippen molar-refractivity contribution in [1.29, 1.82) is 0 Å². The van der Waals surface area contributed by atoms with Gasteiger partial charge in [-0.3, -0.25) is 0 Å². The smallest absolute Gasteiger partial charge is 0.407 e. The SMILES string of the molecule is CC(C)(C)OC(=O)NCC1CCN(c2ccnc(C3CC3)n2)CC1. The van der Waals surface area contributed by atoms with Crippen LogP contribution in [0.2, 0.25) is 0 Å². The largest absolute Gasteiger partial charge is 0.444 e. The van der Waals surface area contributed by atoms with Crippen molar-refractivity contribution in [3.05, 3.63) is 18.1 Å². The third-order valence-corrected chi connectivity index (χ3v) is 4.47. The van der Waals surface area contributed by atoms with Crippen molar-refractivity contribution in [2.24, 2.45) is 5.92 Å². The number of hydrogen-bond acceptors (Lipinski definition) is 5. The molecule has 1 aromatic rings. The standard InChI is InChI=1S/C18H28N4O2/c1-18(2,3)24-17(23)20-12-13-7-10-22(11-8-13)15-6-9-19-16(21-15)14-4-5-14/h6,9,13-14H,4-5,7-8,10-12H2,1-3H3,(H,20,23). The summed E-state index contributed by atoms with van der Waals surface area (Å²) in [6.07, 6.45) is 6.11. The molecule has 1 amide bonds. The zero-order valence-electron chi connectivity index (χ0n) is 14.9. The number of amides is 1. The summed E-state index contributed by atoms with van der Waals surface area (Å²) in [6.45, 7) is 8.26. The van der Waals surface area contributed by atoms with Crippen LogP contribution >= 0.6 is 0 Å². The van der Waals surface area contributed by atoms with Crippen LogP contribution in [-0.2, 0) is 4.74 Å². The van der Waals surface area contributed by atoms with Crippen molar-refractivity contribution in [2.45, 2.75) is 58.0 Å². The van der Waals surface area contributed by atoms with E-state index >= 15 is 0 Å². The molecule has 0 bridgehead atoms. The van der Waals surface area contributed by atoms with Crippen molar-refractivity contribution in [2.75, 3.05) is 24.5 Å². The van der Waals surface area contributed by atoms with E-state index in [9.17, 15) is 4.79 Å². The summed E-state index contributed by atoms with van der Waals surface area (Å²) in [5.74, 6) is 3.13. The molecule has 0 atom stereocenters. The molecule has 6 nitrogen and oxygen atoms in total. The summed E-state index contributed by atoms with van der Waals surface area (Å²) < 4.78 is 5.28. The summed E-state index contributed by atoms with van der Waals surface area (Å²) in [5, 5.41) is 2.89. The van der Waals surface area contributed by atoms with Crippen molar-refractivity contribution in [3.8, 4) is 0 Å². The van der Waals surface area contributed by atoms with Gasteiger partial charge < -0.3 is 15.0 Å². The topological polar surface area (TPSA) is 67.3 Å². The minimum absolute atomic E-state index is 0.324. The molecule has 1 N–H and O–H groups in total. The van der Waals surface area contributed by atoms with Gasteiger partial charge in [-0.05, 0) is 58.4 Å². The predicted molar refractivity (Wildman–Crippen MR) is 93.2 cm³/mol. The van der Waals surface area contributed by atoms with Gasteiger partial charge in [0.25, 0.3) is 0 Å². The fourth-order valence-corrected chi connectivity index (χ4v) is 2.99. The molecule has 1 aromatic heterocycles. The summed E-state index contributed by atoms with van der Waals surface area (Å²) in [6, 6.07) is 2.01. The first-order valence-electron chi connectivity index (χ1n) is 8.95. The first-order valence-corrected chi connectivity index (χ1v) is 8.95. The first kappa shape index (κ1) is 17.0. The van der Waals surface area contributed by atoms with E-state index in [0.29, 0.717) is 18.4 Å². The van der Waals surface area contributed by atoms with Gasteiger partial charge in [-0.1, -0.05) is 0 Å². The highest BCUT2D eigenvalue weighted by Crippen LogP contribution is 2.38. The average Bonchev–Trinajstić information content (AvgIpc) is 3.37. The molecule has 1 aliphatic heterocycles. The predicted octanol–water partition coefficient (Wildman–Crippen LogP) is 3.10. The monoisotopic (exact) mass is 332 g/mol. The second kappa shape index (κ2) is 6.95. The molecule has 0 radical (unpaired) electrons. The Bertz CT molecular complexity index is 573. The van der Waals surface area contributed by atoms with E-state index in [1.54, 1.807) is 0 Å². The van der Waals surface area contributed by atoms with Gasteiger partial charge in [0.15, 0.2) is 0 Å². The highest BCUT2D eigenvalue weighted by molar-refractivity contribution is 5.67. The molecule has 0 spiro atoms. The molecular weight excluding hydrogens is 304 g/mol. The summed E-state index contributed by atoms with van der Waals surface area (Å²) in [4.78, 5) is 23.2. The van der Waals surface area contributed by atoms with Crippen LogP contribution in [0.3, 0.4) is 0 Å². The van der Waals surface area contributed by atoms with E-state index in [4.69, 9.17) is 9.72 Å². The molecule has 0 aromatic carbocycles. The normalized spacial score (nSPS) is 19.2. The zero-order valence-corrected chi connectivity index (χ0v) is 14.9. The highest BCUT2D eigenvalue weighted by atomic mass is 16.6. The van der Waals surface area contributed by atoms with Crippen molar-refractivity contribution in [1.82, 2.24) is 15.3 Å². The lowest BCUT2D eigenvalue weighted by Crippen LogP contribution is -2.40. The van der Waals surface area contributed by atoms with Crippen LogP contribution in [0.15, 0.2) is 12.3 Å². The van der Waals surface area contributed by atoms with Crippen molar-refractivity contribution < 1.29 is 9.53 Å². The maximum atomic E-state index is 11.7. The second-order valence-corrected chi connectivity index (χ2v) is 7.86. The van der Waals surface area contributed by atoms with Crippen LogP contribution < -0.4 is 10.2 Å². The molecule has 6 heteroatoms. The van der Waals surface area contributed by atoms with Gasteiger partial charge in [0.2, 0.25) is 0 Å². The molecule has 1 saturated heterocycles. The van der Waals surface area contributed by atoms with Crippen molar-refractivity contribution in [3.63, 3.8) is 0 Å². The second-order valence-electron chi connectivity index (χ2n) is 7.86. The van der Waals surface area contributed by atoms with Crippen LogP contribution in [0, 0.1) is 5.92 Å². The maximum absolute atomic E-state index is 11.7. The Morgan fingerprint density at radius 2 is 2.00 bits per heavy atom. The fourth-order valence-electron chi connectivity index (χ4n) is 2.99. The minimum atomic E-state index is -0.445. The Labute approximate surface area is 144 Å². The van der Waals surface area contributed by atoms with Gasteiger partial charge in [0.1, 0.15) is 17.2 Å². The number of hydrogen-bond donors (Lipinski definition) is 1. The molecule has 1 aliphatic carbocycles. The number of nitrogens with zero attached hydrogens (tertiary/aromatic N) is 3. The lowest BCUT2D eigenvalue weighted by Gasteiger charge is -2.33. The number of anilines is 1. The Balaban J connectivity index is 1.44. The average molecular weight is 332 g/mol. The minimum Gasteiger partial charge on any atom is -0.444 e. The van der Waals surface area contributed by atoms with Gasteiger partial charge in [-0.2, -0.15) is 0 Å². The summed E-state index contributed by atoms with van der Waals surface area (Å²) >= 11 is 0. The lowest BCUT2D eigenvalue weighted by molar-refractivity contribution is 0.0517. The van der Waals surface area contributed by atoms with Crippen LogP contribution in [0.4, 0.5) is 10.6 Å². The number of carbonyl (C=O) groups excluding carboxylic acids is 1. The molecule has 24 heavy (non-hydrogen) atoms. The molecule has 2 heterocycles. The van der Waals surface area contributed by atoms with Crippen LogP contribution in [-0.4, -0.2) is 41.3 Å². The number of rotatable bonds is 4. The van der Waals surface area contributed by atoms with E-state index in [0.717, 1.165) is 37.6 Å². The fraction of sp³-hybridized carbons (Fsp3) is 0.722. The number of aromatic nitrogens is 2. The van der Waals surface area contributed by atoms with E-state index in [1.165, 1.54) is 12.8 Å². The van der Waals surface area contributed by atoms with Gasteiger partial charge in [-0.25, -0.2) is 14.8 Å². The third kappa shape index (κ3) is 4.82. The van der Waals surface area contributed by atoms with E-state index in [2.05, 4.69) is 15.2 Å². The Morgan fingerprint density at radius 3 is 2.62 bits per heavy atom. The van der Waals surface area contributed by atoms with Gasteiger partial charge in [0.05, 0.1) is 0 Å². The number of nitrogens with one attached hydrogen (secondary N) is 1. The number of ether oxygens (including phenoxy) is 1. The number of carbonyl (C=O) groups is 1. The first-order chi connectivity index (χ1) is 11.4. The Kier molecular flexibility index (Phi) is 4.92. The van der Waals surface area contributed by atoms with Gasteiger partial charge in [0, 0.05) is 31.7 Å². The summed E-state index contributed by atoms with van der Waals surface area (Å²) in [7, 11) is 0. The van der Waals surface area contributed by atoms with Crippen LogP contribution in [0.1, 0.15) is 58.2 Å². The van der Waals surface area contributed by atoms with Gasteiger partial charge >= 0.3 is 6.09 Å². The molecule has 3 rings (SSSR count). The maximum Gasteiger partial charge on any atom is 0.407 e. The lowest BCUT2D eigenvalue weighted by atomic mass is 9.97. The van der Waals surface area contributed by atoms with Gasteiger partial charge in [-0.15, -0.1) is 0 Å². The molecule has 1 saturated carbocycles. The number of piperidine rings is 1. The Hall–Kier alpha value is -1.85.